The molecule has 4 N–H and O–H groups in total. The Labute approximate surface area is 115 Å². The van der Waals surface area contributed by atoms with Crippen LogP contribution in [0, 0.1) is 0 Å². The Kier molecular flexibility index (Phi) is 3.35. The standard InChI is InChI=1S/C13H16N2O5/c16-9-8-6-20-13(14-7-4-2-1-3-5-7)15(8)12(19)11(18)10(9)17/h1-5,8-12,16-19H,6H2/t8-,9-,10-,11-,12-/m1/s1. The first-order valence-corrected chi connectivity index (χ1v) is 6.37. The predicted molar refractivity (Wildman–Crippen MR) is 69.1 cm³/mol. The highest BCUT2D eigenvalue weighted by molar-refractivity contribution is 5.79. The number of aliphatic imine (C=N–C) groups is 1. The monoisotopic (exact) mass is 280 g/mol. The van der Waals surface area contributed by atoms with Crippen LogP contribution in [0.2, 0.25) is 0 Å². The summed E-state index contributed by atoms with van der Waals surface area (Å²) in [5.74, 6) is 0. The minimum Gasteiger partial charge on any atom is -0.463 e. The molecule has 3 rings (SSSR count). The fraction of sp³-hybridized carbons (Fsp3) is 0.462. The predicted octanol–water partition coefficient (Wildman–Crippen LogP) is -1.21. The van der Waals surface area contributed by atoms with E-state index >= 15 is 0 Å². The zero-order valence-electron chi connectivity index (χ0n) is 10.6. The summed E-state index contributed by atoms with van der Waals surface area (Å²) >= 11 is 0. The van der Waals surface area contributed by atoms with Crippen LogP contribution >= 0.6 is 0 Å². The highest BCUT2D eigenvalue weighted by atomic mass is 16.5. The second kappa shape index (κ2) is 5.02. The minimum atomic E-state index is -1.48. The quantitative estimate of drug-likeness (QED) is 0.514. The second-order valence-electron chi connectivity index (χ2n) is 4.90. The molecule has 2 fully saturated rings. The molecule has 7 heteroatoms. The van der Waals surface area contributed by atoms with Crippen LogP contribution in [0.15, 0.2) is 35.3 Å². The molecule has 0 aliphatic carbocycles. The van der Waals surface area contributed by atoms with Gasteiger partial charge in [-0.25, -0.2) is 0 Å². The third-order valence-corrected chi connectivity index (χ3v) is 3.63. The van der Waals surface area contributed by atoms with Gasteiger partial charge in [-0.3, -0.25) is 4.90 Å². The van der Waals surface area contributed by atoms with E-state index in [1.54, 1.807) is 12.1 Å². The van der Waals surface area contributed by atoms with Gasteiger partial charge in [0.05, 0.1) is 11.7 Å². The molecule has 5 atom stereocenters. The molecule has 1 aromatic carbocycles. The lowest BCUT2D eigenvalue weighted by Crippen LogP contribution is -2.65. The zero-order valence-corrected chi connectivity index (χ0v) is 10.6. The number of fused-ring (bicyclic) bond motifs is 1. The van der Waals surface area contributed by atoms with Crippen molar-refractivity contribution in [3.63, 3.8) is 0 Å². The molecule has 20 heavy (non-hydrogen) atoms. The van der Waals surface area contributed by atoms with E-state index in [9.17, 15) is 20.4 Å². The van der Waals surface area contributed by atoms with Crippen LogP contribution in [0.5, 0.6) is 0 Å². The summed E-state index contributed by atoms with van der Waals surface area (Å²) in [6, 6.07) is 8.49. The lowest BCUT2D eigenvalue weighted by molar-refractivity contribution is -0.190. The Morgan fingerprint density at radius 2 is 1.70 bits per heavy atom. The Hall–Kier alpha value is -1.67. The van der Waals surface area contributed by atoms with Crippen LogP contribution < -0.4 is 0 Å². The fourth-order valence-electron chi connectivity index (χ4n) is 2.50. The molecule has 2 aliphatic rings. The van der Waals surface area contributed by atoms with Crippen molar-refractivity contribution in [2.45, 2.75) is 30.6 Å². The van der Waals surface area contributed by atoms with Crippen molar-refractivity contribution in [3.05, 3.63) is 30.3 Å². The van der Waals surface area contributed by atoms with Crippen LogP contribution in [-0.2, 0) is 4.74 Å². The lowest BCUT2D eigenvalue weighted by Gasteiger charge is -2.42. The number of hydrogen-bond donors (Lipinski definition) is 4. The van der Waals surface area contributed by atoms with Crippen LogP contribution in [0.3, 0.4) is 0 Å². The average molecular weight is 280 g/mol. The Morgan fingerprint density at radius 1 is 1.00 bits per heavy atom. The molecule has 0 amide bonds. The minimum absolute atomic E-state index is 0.0909. The molecule has 0 bridgehead atoms. The summed E-state index contributed by atoms with van der Waals surface area (Å²) in [4.78, 5) is 5.54. The van der Waals surface area contributed by atoms with Gasteiger partial charge in [0.25, 0.3) is 6.02 Å². The largest absolute Gasteiger partial charge is 0.463 e. The highest BCUT2D eigenvalue weighted by Crippen LogP contribution is 2.29. The molecule has 0 saturated carbocycles. The number of rotatable bonds is 1. The molecule has 0 radical (unpaired) electrons. The van der Waals surface area contributed by atoms with Crippen molar-refractivity contribution in [1.82, 2.24) is 4.90 Å². The average Bonchev–Trinajstić information content (AvgIpc) is 2.88. The van der Waals surface area contributed by atoms with Crippen molar-refractivity contribution in [3.8, 4) is 0 Å². The van der Waals surface area contributed by atoms with E-state index in [4.69, 9.17) is 4.74 Å². The summed E-state index contributed by atoms with van der Waals surface area (Å²) in [5.41, 5.74) is 0.630. The number of para-hydroxylation sites is 1. The van der Waals surface area contributed by atoms with Gasteiger partial charge in [0.1, 0.15) is 24.9 Å². The third-order valence-electron chi connectivity index (χ3n) is 3.63. The van der Waals surface area contributed by atoms with E-state index in [0.717, 1.165) is 0 Å². The number of piperidine rings is 1. The topological polar surface area (TPSA) is 106 Å². The molecule has 0 spiro atoms. The second-order valence-corrected chi connectivity index (χ2v) is 4.90. The molecule has 2 aliphatic heterocycles. The van der Waals surface area contributed by atoms with E-state index in [-0.39, 0.29) is 12.6 Å². The number of nitrogens with zero attached hydrogens (tertiary/aromatic N) is 2. The Balaban J connectivity index is 1.91. The summed E-state index contributed by atoms with van der Waals surface area (Å²) in [6.07, 6.45) is -5.48. The molecule has 7 nitrogen and oxygen atoms in total. The molecular weight excluding hydrogens is 264 g/mol. The van der Waals surface area contributed by atoms with E-state index in [2.05, 4.69) is 4.99 Å². The van der Waals surface area contributed by atoms with Crippen molar-refractivity contribution in [2.24, 2.45) is 4.99 Å². The molecular formula is C13H16N2O5. The van der Waals surface area contributed by atoms with Gasteiger partial charge in [-0.1, -0.05) is 18.2 Å². The zero-order chi connectivity index (χ0) is 14.3. The summed E-state index contributed by atoms with van der Waals surface area (Å²) in [5, 5.41) is 39.3. The Bertz CT molecular complexity index is 509. The summed E-state index contributed by atoms with van der Waals surface area (Å²) in [7, 11) is 0. The van der Waals surface area contributed by atoms with Gasteiger partial charge >= 0.3 is 0 Å². The summed E-state index contributed by atoms with van der Waals surface area (Å²) in [6.45, 7) is 0.0909. The fourth-order valence-corrected chi connectivity index (χ4v) is 2.50. The lowest BCUT2D eigenvalue weighted by atomic mass is 9.94. The van der Waals surface area contributed by atoms with E-state index in [0.29, 0.717) is 5.69 Å². The number of aliphatic hydroxyl groups is 4. The number of benzene rings is 1. The van der Waals surface area contributed by atoms with E-state index < -0.39 is 30.6 Å². The highest BCUT2D eigenvalue weighted by Gasteiger charge is 2.52. The van der Waals surface area contributed by atoms with Gasteiger partial charge in [0.2, 0.25) is 0 Å². The molecule has 0 aromatic heterocycles. The van der Waals surface area contributed by atoms with Crippen LogP contribution in [0.4, 0.5) is 5.69 Å². The van der Waals surface area contributed by atoms with Gasteiger partial charge in [0.15, 0.2) is 6.23 Å². The number of ether oxygens (including phenoxy) is 1. The first-order chi connectivity index (χ1) is 9.59. The van der Waals surface area contributed by atoms with Crippen LogP contribution in [-0.4, -0.2) is 68.5 Å². The molecule has 0 unspecified atom stereocenters. The van der Waals surface area contributed by atoms with Gasteiger partial charge in [-0.05, 0) is 12.1 Å². The van der Waals surface area contributed by atoms with Gasteiger partial charge in [-0.15, -0.1) is 0 Å². The first-order valence-electron chi connectivity index (χ1n) is 6.37. The van der Waals surface area contributed by atoms with E-state index in [1.807, 2.05) is 18.2 Å². The number of aliphatic hydroxyl groups excluding tert-OH is 4. The molecule has 2 saturated heterocycles. The Morgan fingerprint density at radius 3 is 2.40 bits per heavy atom. The van der Waals surface area contributed by atoms with Crippen LogP contribution in [0.25, 0.3) is 0 Å². The van der Waals surface area contributed by atoms with Crippen molar-refractivity contribution in [2.75, 3.05) is 6.61 Å². The van der Waals surface area contributed by atoms with Crippen molar-refractivity contribution < 1.29 is 25.2 Å². The van der Waals surface area contributed by atoms with Gasteiger partial charge in [0, 0.05) is 0 Å². The summed E-state index contributed by atoms with van der Waals surface area (Å²) < 4.78 is 5.38. The maximum atomic E-state index is 10.0. The first kappa shape index (κ1) is 13.3. The smallest absolute Gasteiger partial charge is 0.295 e. The molecule has 108 valence electrons. The van der Waals surface area contributed by atoms with Crippen molar-refractivity contribution in [1.29, 1.82) is 0 Å². The normalized spacial score (nSPS) is 38.7. The number of hydrogen-bond acceptors (Lipinski definition) is 6. The van der Waals surface area contributed by atoms with Gasteiger partial charge in [-0.2, -0.15) is 4.99 Å². The van der Waals surface area contributed by atoms with Crippen LogP contribution in [0.1, 0.15) is 0 Å². The maximum Gasteiger partial charge on any atom is 0.295 e. The third kappa shape index (κ3) is 2.04. The van der Waals surface area contributed by atoms with Gasteiger partial charge < -0.3 is 25.2 Å². The van der Waals surface area contributed by atoms with E-state index in [1.165, 1.54) is 4.90 Å². The van der Waals surface area contributed by atoms with Crippen molar-refractivity contribution >= 4 is 11.7 Å². The molecule has 1 aromatic rings. The SMILES string of the molecule is O[C@H]1[C@@H](O)[C@@H](O)N2C(=Nc3ccccc3)OC[C@@H]2[C@H]1O. The maximum absolute atomic E-state index is 10.0. The molecule has 2 heterocycles. The number of amidine groups is 1.